The van der Waals surface area contributed by atoms with Gasteiger partial charge in [0.2, 0.25) is 5.91 Å². The Labute approximate surface area is 170 Å². The smallest absolute Gasteiger partial charge is 0.337 e. The molecule has 0 unspecified atom stereocenters. The molecule has 28 heavy (non-hydrogen) atoms. The normalized spacial score (nSPS) is 14.6. The fraction of sp³-hybridized carbons (Fsp3) is 0.333. The Balaban J connectivity index is 1.50. The molecule has 2 aromatic carbocycles. The molecule has 1 N–H and O–H groups in total. The Morgan fingerprint density at radius 3 is 2.39 bits per heavy atom. The number of esters is 1. The number of aryl methyl sites for hydroxylation is 1. The van der Waals surface area contributed by atoms with Gasteiger partial charge < -0.3 is 15.0 Å². The van der Waals surface area contributed by atoms with Crippen molar-refractivity contribution in [2.24, 2.45) is 0 Å². The van der Waals surface area contributed by atoms with Gasteiger partial charge in [-0.2, -0.15) is 0 Å². The van der Waals surface area contributed by atoms with Crippen LogP contribution in [0.5, 0.6) is 0 Å². The van der Waals surface area contributed by atoms with Crippen molar-refractivity contribution in [2.75, 3.05) is 50.1 Å². The molecule has 2 aromatic rings. The minimum atomic E-state index is -0.398. The number of anilines is 2. The highest BCUT2D eigenvalue weighted by atomic mass is 35.5. The maximum Gasteiger partial charge on any atom is 0.337 e. The molecule has 3 rings (SSSR count). The fourth-order valence-corrected chi connectivity index (χ4v) is 3.45. The largest absolute Gasteiger partial charge is 0.465 e. The lowest BCUT2D eigenvalue weighted by Crippen LogP contribution is -2.48. The predicted octanol–water partition coefficient (Wildman–Crippen LogP) is 3.20. The van der Waals surface area contributed by atoms with Crippen LogP contribution >= 0.6 is 11.6 Å². The Hall–Kier alpha value is -2.57. The number of benzene rings is 2. The molecule has 1 saturated heterocycles. The first-order valence-electron chi connectivity index (χ1n) is 9.18. The van der Waals surface area contributed by atoms with Gasteiger partial charge in [0.15, 0.2) is 0 Å². The second-order valence-corrected chi connectivity index (χ2v) is 7.25. The van der Waals surface area contributed by atoms with E-state index in [4.69, 9.17) is 11.6 Å². The van der Waals surface area contributed by atoms with Crippen LogP contribution in [0.4, 0.5) is 11.4 Å². The number of carbonyl (C=O) groups excluding carboxylic acids is 2. The van der Waals surface area contributed by atoms with Crippen LogP contribution in [0.15, 0.2) is 42.5 Å². The van der Waals surface area contributed by atoms with Gasteiger partial charge in [-0.1, -0.05) is 17.7 Å². The Morgan fingerprint density at radius 1 is 1.07 bits per heavy atom. The molecule has 1 aliphatic rings. The average Bonchev–Trinajstić information content (AvgIpc) is 2.70. The molecule has 0 saturated carbocycles. The van der Waals surface area contributed by atoms with E-state index in [1.54, 1.807) is 24.3 Å². The molecule has 0 aromatic heterocycles. The average molecular weight is 402 g/mol. The van der Waals surface area contributed by atoms with Gasteiger partial charge in [-0.15, -0.1) is 0 Å². The number of ether oxygens (including phenoxy) is 1. The number of carbonyl (C=O) groups is 2. The highest BCUT2D eigenvalue weighted by molar-refractivity contribution is 6.30. The van der Waals surface area contributed by atoms with Gasteiger partial charge in [0.05, 0.1) is 19.2 Å². The standard InChI is InChI=1S/C21H24ClN3O3/c1-15-3-6-17(22)13-19(15)25-11-9-24(10-12-25)14-20(26)23-18-7-4-16(5-8-18)21(27)28-2/h3-8,13H,9-12,14H2,1-2H3,(H,23,26). The van der Waals surface area contributed by atoms with Crippen LogP contribution < -0.4 is 10.2 Å². The molecule has 0 aliphatic carbocycles. The first-order valence-corrected chi connectivity index (χ1v) is 9.56. The summed E-state index contributed by atoms with van der Waals surface area (Å²) >= 11 is 6.13. The lowest BCUT2D eigenvalue weighted by molar-refractivity contribution is -0.117. The number of nitrogens with zero attached hydrogens (tertiary/aromatic N) is 2. The molecule has 0 spiro atoms. The lowest BCUT2D eigenvalue weighted by Gasteiger charge is -2.36. The van der Waals surface area contributed by atoms with Crippen LogP contribution in [0.25, 0.3) is 0 Å². The summed E-state index contributed by atoms with van der Waals surface area (Å²) in [6, 6.07) is 12.6. The van der Waals surface area contributed by atoms with E-state index in [9.17, 15) is 9.59 Å². The number of piperazine rings is 1. The summed E-state index contributed by atoms with van der Waals surface area (Å²) < 4.78 is 4.67. The predicted molar refractivity (Wildman–Crippen MR) is 111 cm³/mol. The fourth-order valence-electron chi connectivity index (χ4n) is 3.28. The maximum absolute atomic E-state index is 12.3. The molecule has 1 fully saturated rings. The van der Waals surface area contributed by atoms with E-state index in [0.29, 0.717) is 17.8 Å². The van der Waals surface area contributed by atoms with Crippen LogP contribution in [0.1, 0.15) is 15.9 Å². The van der Waals surface area contributed by atoms with Gasteiger partial charge in [0.25, 0.3) is 0 Å². The van der Waals surface area contributed by atoms with Gasteiger partial charge in [-0.3, -0.25) is 9.69 Å². The summed E-state index contributed by atoms with van der Waals surface area (Å²) in [6.07, 6.45) is 0. The Bertz CT molecular complexity index is 846. The third-order valence-electron chi connectivity index (χ3n) is 4.84. The Morgan fingerprint density at radius 2 is 1.75 bits per heavy atom. The molecular formula is C21H24ClN3O3. The van der Waals surface area contributed by atoms with E-state index in [1.165, 1.54) is 12.7 Å². The number of methoxy groups -OCH3 is 1. The van der Waals surface area contributed by atoms with E-state index in [1.807, 2.05) is 18.2 Å². The number of hydrogen-bond acceptors (Lipinski definition) is 5. The quantitative estimate of drug-likeness (QED) is 0.779. The molecule has 1 heterocycles. The van der Waals surface area contributed by atoms with Crippen LogP contribution in [0.3, 0.4) is 0 Å². The van der Waals surface area contributed by atoms with E-state index in [2.05, 4.69) is 26.8 Å². The molecular weight excluding hydrogens is 378 g/mol. The molecule has 148 valence electrons. The second kappa shape index (κ2) is 9.08. The van der Waals surface area contributed by atoms with E-state index in [-0.39, 0.29) is 5.91 Å². The minimum absolute atomic E-state index is 0.0711. The van der Waals surface area contributed by atoms with Gasteiger partial charge in [0.1, 0.15) is 0 Å². The topological polar surface area (TPSA) is 61.9 Å². The van der Waals surface area contributed by atoms with Crippen molar-refractivity contribution in [3.63, 3.8) is 0 Å². The van der Waals surface area contributed by atoms with Crippen LogP contribution in [-0.2, 0) is 9.53 Å². The van der Waals surface area contributed by atoms with E-state index >= 15 is 0 Å². The van der Waals surface area contributed by atoms with Gasteiger partial charge in [-0.25, -0.2) is 4.79 Å². The maximum atomic E-state index is 12.3. The number of amides is 1. The second-order valence-electron chi connectivity index (χ2n) is 6.81. The molecule has 0 bridgehead atoms. The highest BCUT2D eigenvalue weighted by Crippen LogP contribution is 2.25. The molecule has 0 radical (unpaired) electrons. The van der Waals surface area contributed by atoms with Crippen molar-refractivity contribution in [1.82, 2.24) is 4.90 Å². The Kier molecular flexibility index (Phi) is 6.54. The van der Waals surface area contributed by atoms with E-state index in [0.717, 1.165) is 36.9 Å². The highest BCUT2D eigenvalue weighted by Gasteiger charge is 2.20. The summed E-state index contributed by atoms with van der Waals surface area (Å²) in [5.41, 5.74) is 3.46. The molecule has 6 nitrogen and oxygen atoms in total. The zero-order valence-corrected chi connectivity index (χ0v) is 16.8. The third-order valence-corrected chi connectivity index (χ3v) is 5.08. The van der Waals surface area contributed by atoms with Crippen molar-refractivity contribution in [3.05, 3.63) is 58.6 Å². The molecule has 1 amide bonds. The molecule has 0 atom stereocenters. The zero-order chi connectivity index (χ0) is 20.1. The summed E-state index contributed by atoms with van der Waals surface area (Å²) in [4.78, 5) is 28.2. The third kappa shape index (κ3) is 5.03. The zero-order valence-electron chi connectivity index (χ0n) is 16.1. The van der Waals surface area contributed by atoms with Crippen molar-refractivity contribution < 1.29 is 14.3 Å². The number of nitrogens with one attached hydrogen (secondary N) is 1. The number of rotatable bonds is 5. The van der Waals surface area contributed by atoms with E-state index < -0.39 is 5.97 Å². The number of hydrogen-bond donors (Lipinski definition) is 1. The van der Waals surface area contributed by atoms with Crippen molar-refractivity contribution in [2.45, 2.75) is 6.92 Å². The summed E-state index contributed by atoms with van der Waals surface area (Å²) in [7, 11) is 1.34. The summed E-state index contributed by atoms with van der Waals surface area (Å²) in [5, 5.41) is 3.61. The number of halogens is 1. The van der Waals surface area contributed by atoms with Gasteiger partial charge >= 0.3 is 5.97 Å². The van der Waals surface area contributed by atoms with Crippen molar-refractivity contribution >= 4 is 34.9 Å². The van der Waals surface area contributed by atoms with Gasteiger partial charge in [-0.05, 0) is 48.9 Å². The molecule has 7 heteroatoms. The first-order chi connectivity index (χ1) is 13.5. The van der Waals surface area contributed by atoms with Crippen LogP contribution in [0, 0.1) is 6.92 Å². The monoisotopic (exact) mass is 401 g/mol. The summed E-state index contributed by atoms with van der Waals surface area (Å²) in [6.45, 7) is 5.73. The first kappa shape index (κ1) is 20.2. The van der Waals surface area contributed by atoms with Crippen LogP contribution in [-0.4, -0.2) is 56.6 Å². The SMILES string of the molecule is COC(=O)c1ccc(NC(=O)CN2CCN(c3cc(Cl)ccc3C)CC2)cc1. The van der Waals surface area contributed by atoms with Crippen molar-refractivity contribution in [1.29, 1.82) is 0 Å². The van der Waals surface area contributed by atoms with Crippen molar-refractivity contribution in [3.8, 4) is 0 Å². The van der Waals surface area contributed by atoms with Gasteiger partial charge in [0, 0.05) is 42.6 Å². The lowest BCUT2D eigenvalue weighted by atomic mass is 10.1. The van der Waals surface area contributed by atoms with Crippen LogP contribution in [0.2, 0.25) is 5.02 Å². The summed E-state index contributed by atoms with van der Waals surface area (Å²) in [5.74, 6) is -0.469. The molecule has 1 aliphatic heterocycles. The minimum Gasteiger partial charge on any atom is -0.465 e.